The standard InChI is InChI=1S/C56H90O26/c1-22-8-11-56(73-18-22)23(2)35-29(82-56)13-28-26-7-6-24-12-25(9-10-54(24,4)27(26)14-34(61)55(28,35)5)74-49-43(69)40(66)44(32(17-59)77-49)79-51-46(81-50-42(68)39(65)36(62)30(15-57)75-50)45(38(64)31(16-58)76-51)80-48-41(67)37(63)33(19-71-48)78-52-47(70)53(3,20-60)21-72-52/h22-33,35-52,57-60,62-70H,6-21H2,1-5H3/t22-,23?,24+,25+,26-,27+,28+,29?,30-,31-,32-,33-,35?,36-,37+,38-,39+,40-,41-,42-,43-,44+,45+,46-,47+,48+,49-,50+,51+,52+,53+,54+,55-,56-/m1/s1. The first kappa shape index (κ1) is 62.3. The van der Waals surface area contributed by atoms with Crippen LogP contribution < -0.4 is 0 Å². The van der Waals surface area contributed by atoms with Gasteiger partial charge in [-0.3, -0.25) is 4.79 Å². The normalized spacial score (nSPS) is 56.9. The van der Waals surface area contributed by atoms with Crippen molar-refractivity contribution in [3.63, 3.8) is 0 Å². The van der Waals surface area contributed by atoms with Crippen LogP contribution in [-0.4, -0.2) is 266 Å². The molecule has 7 aliphatic heterocycles. The van der Waals surface area contributed by atoms with Crippen molar-refractivity contribution in [1.82, 2.24) is 0 Å². The lowest BCUT2D eigenvalue weighted by Crippen LogP contribution is -2.68. The van der Waals surface area contributed by atoms with Crippen LogP contribution in [0.3, 0.4) is 0 Å². The highest BCUT2D eigenvalue weighted by Crippen LogP contribution is 2.70. The lowest BCUT2D eigenvalue weighted by atomic mass is 9.44. The number of carbonyl (C=O) groups is 1. The van der Waals surface area contributed by atoms with E-state index < -0.39 is 185 Å². The molecular formula is C56H90O26. The van der Waals surface area contributed by atoms with Crippen molar-refractivity contribution in [3.8, 4) is 0 Å². The van der Waals surface area contributed by atoms with Gasteiger partial charge in [0.25, 0.3) is 0 Å². The summed E-state index contributed by atoms with van der Waals surface area (Å²) in [5.41, 5.74) is -1.75. The van der Waals surface area contributed by atoms with Crippen LogP contribution in [-0.2, 0) is 61.6 Å². The average molecular weight is 1180 g/mol. The van der Waals surface area contributed by atoms with E-state index in [-0.39, 0.29) is 47.7 Å². The summed E-state index contributed by atoms with van der Waals surface area (Å²) < 4.78 is 73.3. The van der Waals surface area contributed by atoms with Gasteiger partial charge in [-0.25, -0.2) is 0 Å². The van der Waals surface area contributed by atoms with Gasteiger partial charge in [0.1, 0.15) is 103 Å². The Balaban J connectivity index is 0.766. The van der Waals surface area contributed by atoms with Crippen LogP contribution >= 0.6 is 0 Å². The first-order valence-corrected chi connectivity index (χ1v) is 29.8. The molecular weight excluding hydrogens is 1090 g/mol. The molecule has 11 aliphatic rings. The molecule has 26 nitrogen and oxygen atoms in total. The third-order valence-electron chi connectivity index (χ3n) is 22.1. The van der Waals surface area contributed by atoms with E-state index in [1.54, 1.807) is 6.92 Å². The van der Waals surface area contributed by atoms with E-state index in [0.717, 1.165) is 38.5 Å². The van der Waals surface area contributed by atoms with E-state index >= 15 is 0 Å². The third-order valence-corrected chi connectivity index (χ3v) is 22.1. The Hall–Kier alpha value is -1.33. The van der Waals surface area contributed by atoms with Crippen molar-refractivity contribution in [2.75, 3.05) is 46.2 Å². The number of carbonyl (C=O) groups excluding carboxylic acids is 1. The highest BCUT2D eigenvalue weighted by Gasteiger charge is 2.72. The van der Waals surface area contributed by atoms with E-state index in [1.165, 1.54) is 0 Å². The van der Waals surface area contributed by atoms with Crippen molar-refractivity contribution in [1.29, 1.82) is 0 Å². The largest absolute Gasteiger partial charge is 0.396 e. The molecule has 0 aromatic heterocycles. The number of ketones is 1. The van der Waals surface area contributed by atoms with Gasteiger partial charge in [-0.2, -0.15) is 0 Å². The first-order valence-electron chi connectivity index (χ1n) is 29.8. The molecule has 7 saturated heterocycles. The molecule has 11 rings (SSSR count). The zero-order chi connectivity index (χ0) is 58.7. The summed E-state index contributed by atoms with van der Waals surface area (Å²) in [4.78, 5) is 14.8. The summed E-state index contributed by atoms with van der Waals surface area (Å²) in [6, 6.07) is 0. The predicted molar refractivity (Wildman–Crippen MR) is 272 cm³/mol. The third kappa shape index (κ3) is 10.5. The SMILES string of the molecule is CC1C2C(C[C@H]3[C@@H]4CC[C@H]5C[C@@H](O[C@@H]6O[C@H](CO)[C@H](O[C@@H]7O[C@H](CO)[C@@H](O)[C@H](O[C@@H]8OC[C@@H](O[C@@H]9OC[C@](C)(CO)[C@H]9O)[C@H](O)[C@H]8O)[C@H]7O[C@@H]7O[C@H](CO)[C@@H](O)[C@H](O)[C@H]7O)[C@H](O)[C@H]6O)CC[C@]5(C)[C@H]4CC(=O)[C@]23C)O[C@]12CC[C@@H](C)CO2. The quantitative estimate of drug-likeness (QED) is 0.0756. The van der Waals surface area contributed by atoms with Crippen LogP contribution in [0.1, 0.15) is 92.4 Å². The summed E-state index contributed by atoms with van der Waals surface area (Å²) in [5.74, 6) is 1.28. The molecule has 0 aromatic rings. The van der Waals surface area contributed by atoms with Crippen molar-refractivity contribution < 1.29 is 128 Å². The first-order chi connectivity index (χ1) is 38.9. The fourth-order valence-corrected chi connectivity index (χ4v) is 16.9. The Morgan fingerprint density at radius 2 is 1.22 bits per heavy atom. The molecule has 11 fully saturated rings. The number of rotatable bonds is 14. The molecule has 0 bridgehead atoms. The van der Waals surface area contributed by atoms with E-state index in [1.807, 2.05) is 0 Å². The maximum atomic E-state index is 14.8. The fourth-order valence-electron chi connectivity index (χ4n) is 16.9. The Bertz CT molecular complexity index is 2190. The van der Waals surface area contributed by atoms with Gasteiger partial charge in [0, 0.05) is 35.5 Å². The molecule has 0 amide bonds. The minimum absolute atomic E-state index is 0.0237. The Morgan fingerprint density at radius 3 is 1.90 bits per heavy atom. The minimum atomic E-state index is -2.05. The van der Waals surface area contributed by atoms with E-state index in [0.29, 0.717) is 43.5 Å². The summed E-state index contributed by atoms with van der Waals surface area (Å²) >= 11 is 0. The van der Waals surface area contributed by atoms with Gasteiger partial charge in [0.2, 0.25) is 0 Å². The maximum Gasteiger partial charge on any atom is 0.187 e. The molecule has 82 heavy (non-hydrogen) atoms. The second kappa shape index (κ2) is 23.9. The predicted octanol–water partition coefficient (Wildman–Crippen LogP) is -3.35. The van der Waals surface area contributed by atoms with Crippen LogP contribution in [0, 0.1) is 57.7 Å². The fraction of sp³-hybridized carbons (Fsp3) is 0.982. The van der Waals surface area contributed by atoms with Crippen LogP contribution in [0.4, 0.5) is 0 Å². The zero-order valence-corrected chi connectivity index (χ0v) is 47.3. The number of Topliss-reactive ketones (excluding diaryl/α,β-unsaturated/α-hetero) is 1. The van der Waals surface area contributed by atoms with Crippen molar-refractivity contribution in [2.24, 2.45) is 57.7 Å². The zero-order valence-electron chi connectivity index (χ0n) is 47.3. The van der Waals surface area contributed by atoms with E-state index in [4.69, 9.17) is 56.8 Å². The van der Waals surface area contributed by atoms with Gasteiger partial charge in [0.05, 0.1) is 58.5 Å². The molecule has 1 spiro atoms. The second-order valence-electron chi connectivity index (χ2n) is 26.8. The average Bonchev–Trinajstić information content (AvgIpc) is 1.70. The maximum absolute atomic E-state index is 14.8. The molecule has 470 valence electrons. The molecule has 7 heterocycles. The summed E-state index contributed by atoms with van der Waals surface area (Å²) in [7, 11) is 0. The number of hydrogen-bond acceptors (Lipinski definition) is 26. The summed E-state index contributed by atoms with van der Waals surface area (Å²) in [6.07, 6.45) is -30.0. The molecule has 26 heteroatoms. The lowest BCUT2D eigenvalue weighted by Gasteiger charge is -2.60. The number of fused-ring (bicyclic) bond motifs is 7. The monoisotopic (exact) mass is 1180 g/mol. The number of aliphatic hydroxyl groups is 13. The van der Waals surface area contributed by atoms with Crippen LogP contribution in [0.5, 0.6) is 0 Å². The number of aliphatic hydroxyl groups excluding tert-OH is 13. The lowest BCUT2D eigenvalue weighted by molar-refractivity contribution is -0.405. The Kier molecular flexibility index (Phi) is 18.1. The van der Waals surface area contributed by atoms with Gasteiger partial charge in [-0.15, -0.1) is 0 Å². The van der Waals surface area contributed by atoms with E-state index in [2.05, 4.69) is 27.7 Å². The molecule has 0 aromatic carbocycles. The number of ether oxygens (including phenoxy) is 12. The van der Waals surface area contributed by atoms with Gasteiger partial charge in [-0.1, -0.05) is 34.6 Å². The molecule has 13 N–H and O–H groups in total. The van der Waals surface area contributed by atoms with Gasteiger partial charge in [-0.05, 0) is 80.0 Å². The Labute approximate surface area is 476 Å². The van der Waals surface area contributed by atoms with Crippen LogP contribution in [0.25, 0.3) is 0 Å². The molecule has 0 radical (unpaired) electrons. The summed E-state index contributed by atoms with van der Waals surface area (Å²) in [6.45, 7) is 7.52. The van der Waals surface area contributed by atoms with Crippen molar-refractivity contribution in [3.05, 3.63) is 0 Å². The molecule has 34 atom stereocenters. The molecule has 4 saturated carbocycles. The van der Waals surface area contributed by atoms with Crippen LogP contribution in [0.15, 0.2) is 0 Å². The Morgan fingerprint density at radius 1 is 0.573 bits per heavy atom. The summed E-state index contributed by atoms with van der Waals surface area (Å²) in [5, 5.41) is 143. The minimum Gasteiger partial charge on any atom is -0.396 e. The van der Waals surface area contributed by atoms with Crippen molar-refractivity contribution >= 4 is 5.78 Å². The van der Waals surface area contributed by atoms with Crippen molar-refractivity contribution in [2.45, 2.75) is 240 Å². The topological polar surface area (TPSA) is 391 Å². The van der Waals surface area contributed by atoms with Gasteiger partial charge in [0.15, 0.2) is 37.2 Å². The van der Waals surface area contributed by atoms with Gasteiger partial charge >= 0.3 is 0 Å². The highest BCUT2D eigenvalue weighted by atomic mass is 16.8. The second-order valence-corrected chi connectivity index (χ2v) is 26.8. The number of hydrogen-bond donors (Lipinski definition) is 13. The molecule has 3 unspecified atom stereocenters. The van der Waals surface area contributed by atoms with Crippen LogP contribution in [0.2, 0.25) is 0 Å². The highest BCUT2D eigenvalue weighted by molar-refractivity contribution is 5.87. The molecule has 4 aliphatic carbocycles. The smallest absolute Gasteiger partial charge is 0.187 e. The van der Waals surface area contributed by atoms with Gasteiger partial charge < -0.3 is 123 Å². The van der Waals surface area contributed by atoms with E-state index in [9.17, 15) is 71.2 Å².